The van der Waals surface area contributed by atoms with Gasteiger partial charge in [0.05, 0.1) is 19.9 Å². The molecule has 1 saturated heterocycles. The Hall–Kier alpha value is -3.60. The Morgan fingerprint density at radius 1 is 0.800 bits per heavy atom. The minimum atomic E-state index is 0.851. The summed E-state index contributed by atoms with van der Waals surface area (Å²) in [6.07, 6.45) is 8.53. The standard InChI is InChI=1S/C30H33N3O2/c1-34-25-12-9-22(10-13-25)7-6-8-30-31-16-15-28(32-30)24-19-23-11-14-26(35-2)21-27(23)29(20-24)33-17-4-3-5-18-33/h9-16,19-21H,3-8,17-18H2,1-2H3. The number of benzene rings is 3. The van der Waals surface area contributed by atoms with Crippen molar-refractivity contribution in [1.82, 2.24) is 9.97 Å². The first-order valence-electron chi connectivity index (χ1n) is 12.6. The van der Waals surface area contributed by atoms with Crippen LogP contribution in [0.4, 0.5) is 5.69 Å². The normalized spacial score (nSPS) is 13.7. The zero-order chi connectivity index (χ0) is 24.0. The minimum Gasteiger partial charge on any atom is -0.497 e. The molecule has 0 amide bonds. The second-order valence-electron chi connectivity index (χ2n) is 9.19. The Morgan fingerprint density at radius 3 is 2.34 bits per heavy atom. The molecular formula is C30H33N3O2. The maximum absolute atomic E-state index is 5.53. The molecule has 3 aromatic carbocycles. The maximum atomic E-state index is 5.53. The van der Waals surface area contributed by atoms with E-state index >= 15 is 0 Å². The molecule has 2 heterocycles. The molecule has 180 valence electrons. The number of hydrogen-bond donors (Lipinski definition) is 0. The van der Waals surface area contributed by atoms with Crippen molar-refractivity contribution in [3.63, 3.8) is 0 Å². The lowest BCUT2D eigenvalue weighted by atomic mass is 10.00. The summed E-state index contributed by atoms with van der Waals surface area (Å²) in [5, 5.41) is 2.45. The van der Waals surface area contributed by atoms with Crippen LogP contribution in [0.2, 0.25) is 0 Å². The Labute approximate surface area is 207 Å². The molecule has 1 aliphatic rings. The molecule has 4 aromatic rings. The Balaban J connectivity index is 1.39. The number of fused-ring (bicyclic) bond motifs is 1. The van der Waals surface area contributed by atoms with Crippen LogP contribution in [-0.4, -0.2) is 37.3 Å². The second-order valence-corrected chi connectivity index (χ2v) is 9.19. The van der Waals surface area contributed by atoms with E-state index in [0.717, 1.165) is 60.9 Å². The van der Waals surface area contributed by atoms with Crippen molar-refractivity contribution in [3.8, 4) is 22.8 Å². The lowest BCUT2D eigenvalue weighted by molar-refractivity contribution is 0.414. The SMILES string of the molecule is COc1ccc(CCCc2nccc(-c3cc(N4CCCCC4)c4cc(OC)ccc4c3)n2)cc1. The van der Waals surface area contributed by atoms with E-state index < -0.39 is 0 Å². The zero-order valence-electron chi connectivity index (χ0n) is 20.7. The van der Waals surface area contributed by atoms with E-state index in [9.17, 15) is 0 Å². The van der Waals surface area contributed by atoms with E-state index in [0.29, 0.717) is 0 Å². The number of hydrogen-bond acceptors (Lipinski definition) is 5. The van der Waals surface area contributed by atoms with Crippen molar-refractivity contribution in [1.29, 1.82) is 0 Å². The average molecular weight is 468 g/mol. The van der Waals surface area contributed by atoms with E-state index in [1.54, 1.807) is 14.2 Å². The summed E-state index contributed by atoms with van der Waals surface area (Å²) in [5.41, 5.74) is 4.70. The fourth-order valence-electron chi connectivity index (χ4n) is 4.91. The van der Waals surface area contributed by atoms with Crippen LogP contribution in [0, 0.1) is 0 Å². The van der Waals surface area contributed by atoms with Gasteiger partial charge in [0.15, 0.2) is 0 Å². The number of ether oxygens (including phenoxy) is 2. The van der Waals surface area contributed by atoms with Crippen molar-refractivity contribution >= 4 is 16.5 Å². The van der Waals surface area contributed by atoms with Crippen molar-refractivity contribution in [2.75, 3.05) is 32.2 Å². The molecule has 1 fully saturated rings. The zero-order valence-corrected chi connectivity index (χ0v) is 20.7. The van der Waals surface area contributed by atoms with Gasteiger partial charge in [-0.2, -0.15) is 0 Å². The first kappa shape index (κ1) is 23.2. The summed E-state index contributed by atoms with van der Waals surface area (Å²) in [7, 11) is 3.42. The van der Waals surface area contributed by atoms with Crippen LogP contribution in [0.15, 0.2) is 66.9 Å². The molecule has 5 nitrogen and oxygen atoms in total. The third kappa shape index (κ3) is 5.40. The van der Waals surface area contributed by atoms with Crippen molar-refractivity contribution in [2.45, 2.75) is 38.5 Å². The average Bonchev–Trinajstić information content (AvgIpc) is 2.93. The van der Waals surface area contributed by atoms with Crippen LogP contribution in [0.3, 0.4) is 0 Å². The third-order valence-corrected chi connectivity index (χ3v) is 6.86. The summed E-state index contributed by atoms with van der Waals surface area (Å²) in [5.74, 6) is 2.68. The predicted molar refractivity (Wildman–Crippen MR) is 143 cm³/mol. The van der Waals surface area contributed by atoms with Gasteiger partial charge in [-0.05, 0) is 85.5 Å². The summed E-state index contributed by atoms with van der Waals surface area (Å²) in [6.45, 7) is 2.19. The minimum absolute atomic E-state index is 0.851. The van der Waals surface area contributed by atoms with Gasteiger partial charge in [0.25, 0.3) is 0 Å². The van der Waals surface area contributed by atoms with Crippen molar-refractivity contribution in [2.24, 2.45) is 0 Å². The first-order chi connectivity index (χ1) is 17.2. The van der Waals surface area contributed by atoms with Gasteiger partial charge in [-0.3, -0.25) is 0 Å². The van der Waals surface area contributed by atoms with Gasteiger partial charge in [-0.1, -0.05) is 18.2 Å². The van der Waals surface area contributed by atoms with E-state index in [2.05, 4.69) is 46.3 Å². The molecule has 0 radical (unpaired) electrons. The van der Waals surface area contributed by atoms with Crippen molar-refractivity contribution in [3.05, 3.63) is 78.2 Å². The molecule has 0 N–H and O–H groups in total. The van der Waals surface area contributed by atoms with Gasteiger partial charge in [0.2, 0.25) is 0 Å². The second kappa shape index (κ2) is 10.8. The highest BCUT2D eigenvalue weighted by Crippen LogP contribution is 2.36. The number of aryl methyl sites for hydroxylation is 2. The number of methoxy groups -OCH3 is 2. The van der Waals surface area contributed by atoms with Crippen LogP contribution in [0.1, 0.15) is 37.1 Å². The lowest BCUT2D eigenvalue weighted by Crippen LogP contribution is -2.29. The molecule has 1 aromatic heterocycles. The molecule has 5 heteroatoms. The monoisotopic (exact) mass is 467 g/mol. The number of aromatic nitrogens is 2. The van der Waals surface area contributed by atoms with E-state index in [1.165, 1.54) is 41.3 Å². The lowest BCUT2D eigenvalue weighted by Gasteiger charge is -2.30. The summed E-state index contributed by atoms with van der Waals surface area (Å²) in [4.78, 5) is 12.0. The predicted octanol–water partition coefficient (Wildman–Crippen LogP) is 6.48. The molecule has 35 heavy (non-hydrogen) atoms. The largest absolute Gasteiger partial charge is 0.497 e. The van der Waals surface area contributed by atoms with Crippen LogP contribution in [0.5, 0.6) is 11.5 Å². The van der Waals surface area contributed by atoms with E-state index in [-0.39, 0.29) is 0 Å². The fraction of sp³-hybridized carbons (Fsp3) is 0.333. The number of anilines is 1. The summed E-state index contributed by atoms with van der Waals surface area (Å²) in [6, 6.07) is 21.2. The van der Waals surface area contributed by atoms with E-state index in [4.69, 9.17) is 14.5 Å². The van der Waals surface area contributed by atoms with Gasteiger partial charge in [0.1, 0.15) is 17.3 Å². The maximum Gasteiger partial charge on any atom is 0.128 e. The first-order valence-corrected chi connectivity index (χ1v) is 12.6. The summed E-state index contributed by atoms with van der Waals surface area (Å²) >= 11 is 0. The van der Waals surface area contributed by atoms with Gasteiger partial charge >= 0.3 is 0 Å². The Kier molecular flexibility index (Phi) is 7.12. The Morgan fingerprint density at radius 2 is 1.57 bits per heavy atom. The topological polar surface area (TPSA) is 47.5 Å². The van der Waals surface area contributed by atoms with Gasteiger partial charge < -0.3 is 14.4 Å². The molecule has 0 bridgehead atoms. The summed E-state index contributed by atoms with van der Waals surface area (Å²) < 4.78 is 10.8. The molecule has 0 aliphatic carbocycles. The molecule has 0 saturated carbocycles. The third-order valence-electron chi connectivity index (χ3n) is 6.86. The van der Waals surface area contributed by atoms with Gasteiger partial charge in [-0.25, -0.2) is 9.97 Å². The highest BCUT2D eigenvalue weighted by molar-refractivity contribution is 5.98. The van der Waals surface area contributed by atoms with E-state index in [1.807, 2.05) is 30.5 Å². The van der Waals surface area contributed by atoms with Gasteiger partial charge in [-0.15, -0.1) is 0 Å². The van der Waals surface area contributed by atoms with Gasteiger partial charge in [0, 0.05) is 42.3 Å². The van der Waals surface area contributed by atoms with Crippen LogP contribution >= 0.6 is 0 Å². The molecular weight excluding hydrogens is 434 g/mol. The van der Waals surface area contributed by atoms with Crippen molar-refractivity contribution < 1.29 is 9.47 Å². The smallest absolute Gasteiger partial charge is 0.128 e. The highest BCUT2D eigenvalue weighted by Gasteiger charge is 2.16. The molecule has 1 aliphatic heterocycles. The number of nitrogens with zero attached hydrogens (tertiary/aromatic N) is 3. The fourth-order valence-corrected chi connectivity index (χ4v) is 4.91. The Bertz CT molecular complexity index is 1280. The van der Waals surface area contributed by atoms with Crippen LogP contribution in [-0.2, 0) is 12.8 Å². The highest BCUT2D eigenvalue weighted by atomic mass is 16.5. The molecule has 0 spiro atoms. The molecule has 0 atom stereocenters. The molecule has 0 unspecified atom stereocenters. The van der Waals surface area contributed by atoms with Crippen LogP contribution in [0.25, 0.3) is 22.0 Å². The quantitative estimate of drug-likeness (QED) is 0.297. The van der Waals surface area contributed by atoms with Crippen LogP contribution < -0.4 is 14.4 Å². The molecule has 5 rings (SSSR count). The number of piperidine rings is 1. The number of rotatable bonds is 8.